The fourth-order valence-corrected chi connectivity index (χ4v) is 3.79. The Morgan fingerprint density at radius 2 is 1.88 bits per heavy atom. The maximum Gasteiger partial charge on any atom is 0.188 e. The zero-order valence-corrected chi connectivity index (χ0v) is 15.6. The first-order valence-corrected chi connectivity index (χ1v) is 9.25. The van der Waals surface area contributed by atoms with Crippen molar-refractivity contribution < 1.29 is 17.5 Å². The number of anilines is 1. The van der Waals surface area contributed by atoms with E-state index >= 15 is 0 Å². The van der Waals surface area contributed by atoms with Gasteiger partial charge in [0, 0.05) is 24.0 Å². The molecule has 0 aliphatic rings. The maximum atomic E-state index is 13.8. The molecule has 7 nitrogen and oxygen atoms in total. The van der Waals surface area contributed by atoms with Crippen LogP contribution < -0.4 is 10.5 Å². The zero-order chi connectivity index (χ0) is 19.3. The number of rotatable bonds is 3. The number of pyridine rings is 2. The van der Waals surface area contributed by atoms with Crippen LogP contribution >= 0.6 is 0 Å². The summed E-state index contributed by atoms with van der Waals surface area (Å²) in [5, 5.41) is 0. The third-order valence-corrected chi connectivity index (χ3v) is 6.55. The van der Waals surface area contributed by atoms with Crippen LogP contribution in [0.25, 0.3) is 16.9 Å². The standard InChI is InChI=1S/C17H19FN4O3S/c1-17(2,3)26(23,24)14-9-22-12(8-20-15(22)6-13(14)25-4)10-5-11(18)16(19)21-7-10/h5-9H,1-4H3,(H2,19,21). The van der Waals surface area contributed by atoms with Gasteiger partial charge >= 0.3 is 0 Å². The third kappa shape index (κ3) is 2.78. The molecule has 0 atom stereocenters. The van der Waals surface area contributed by atoms with Gasteiger partial charge in [-0.1, -0.05) is 0 Å². The molecule has 0 fully saturated rings. The van der Waals surface area contributed by atoms with Crippen molar-refractivity contribution in [2.24, 2.45) is 0 Å². The maximum absolute atomic E-state index is 13.8. The minimum Gasteiger partial charge on any atom is -0.495 e. The summed E-state index contributed by atoms with van der Waals surface area (Å²) in [6.45, 7) is 4.83. The number of hydrogen-bond acceptors (Lipinski definition) is 6. The molecule has 0 radical (unpaired) electrons. The van der Waals surface area contributed by atoms with E-state index < -0.39 is 20.4 Å². The summed E-state index contributed by atoms with van der Waals surface area (Å²) in [7, 11) is -2.29. The van der Waals surface area contributed by atoms with E-state index in [9.17, 15) is 12.8 Å². The molecule has 0 aromatic carbocycles. The summed E-state index contributed by atoms with van der Waals surface area (Å²) in [6, 6.07) is 2.76. The van der Waals surface area contributed by atoms with Crippen LogP contribution in [0.4, 0.5) is 10.2 Å². The Bertz CT molecular complexity index is 1100. The second kappa shape index (κ2) is 5.94. The third-order valence-electron chi connectivity index (χ3n) is 4.06. The number of hydrogen-bond donors (Lipinski definition) is 1. The highest BCUT2D eigenvalue weighted by Gasteiger charge is 2.34. The summed E-state index contributed by atoms with van der Waals surface area (Å²) in [4.78, 5) is 8.08. The number of sulfone groups is 1. The molecule has 3 aromatic rings. The first-order chi connectivity index (χ1) is 12.1. The average Bonchev–Trinajstić information content (AvgIpc) is 2.98. The molecule has 0 unspecified atom stereocenters. The van der Waals surface area contributed by atoms with E-state index in [1.165, 1.54) is 37.8 Å². The number of nitrogens with two attached hydrogens (primary N) is 1. The second-order valence-electron chi connectivity index (χ2n) is 6.78. The van der Waals surface area contributed by atoms with Gasteiger partial charge < -0.3 is 10.5 Å². The van der Waals surface area contributed by atoms with Gasteiger partial charge in [0.15, 0.2) is 21.5 Å². The first-order valence-electron chi connectivity index (χ1n) is 7.77. The minimum absolute atomic E-state index is 0.0307. The molecular formula is C17H19FN4O3S. The summed E-state index contributed by atoms with van der Waals surface area (Å²) < 4.78 is 45.5. The van der Waals surface area contributed by atoms with Gasteiger partial charge in [0.05, 0.1) is 23.7 Å². The number of fused-ring (bicyclic) bond motifs is 1. The molecule has 26 heavy (non-hydrogen) atoms. The van der Waals surface area contributed by atoms with Crippen molar-refractivity contribution in [3.05, 3.63) is 36.5 Å². The predicted octanol–water partition coefficient (Wildman–Crippen LogP) is 2.70. The molecule has 3 rings (SSSR count). The smallest absolute Gasteiger partial charge is 0.188 e. The lowest BCUT2D eigenvalue weighted by molar-refractivity contribution is 0.401. The predicted molar refractivity (Wildman–Crippen MR) is 96.3 cm³/mol. The Kier molecular flexibility index (Phi) is 4.14. The Labute approximate surface area is 150 Å². The fourth-order valence-electron chi connectivity index (χ4n) is 2.48. The Morgan fingerprint density at radius 3 is 2.46 bits per heavy atom. The lowest BCUT2D eigenvalue weighted by atomic mass is 10.2. The van der Waals surface area contributed by atoms with Gasteiger partial charge in [-0.25, -0.2) is 22.8 Å². The van der Waals surface area contributed by atoms with Crippen molar-refractivity contribution in [1.29, 1.82) is 0 Å². The van der Waals surface area contributed by atoms with Crippen LogP contribution in [-0.4, -0.2) is 34.6 Å². The van der Waals surface area contributed by atoms with Gasteiger partial charge in [0.25, 0.3) is 0 Å². The van der Waals surface area contributed by atoms with Gasteiger partial charge in [-0.3, -0.25) is 4.40 Å². The molecule has 0 aliphatic carbocycles. The summed E-state index contributed by atoms with van der Waals surface area (Å²) in [6.07, 6.45) is 4.35. The van der Waals surface area contributed by atoms with Crippen molar-refractivity contribution in [1.82, 2.24) is 14.4 Å². The Hall–Kier alpha value is -2.68. The van der Waals surface area contributed by atoms with Crippen LogP contribution in [0.15, 0.2) is 35.6 Å². The molecular weight excluding hydrogens is 359 g/mol. The van der Waals surface area contributed by atoms with Crippen LogP contribution in [0.1, 0.15) is 20.8 Å². The number of ether oxygens (including phenoxy) is 1. The highest BCUT2D eigenvalue weighted by Crippen LogP contribution is 2.34. The fraction of sp³-hybridized carbons (Fsp3) is 0.294. The van der Waals surface area contributed by atoms with Crippen LogP contribution in [0, 0.1) is 5.82 Å². The highest BCUT2D eigenvalue weighted by molar-refractivity contribution is 7.92. The van der Waals surface area contributed by atoms with Crippen LogP contribution in [0.3, 0.4) is 0 Å². The number of nitrogens with zero attached hydrogens (tertiary/aromatic N) is 3. The van der Waals surface area contributed by atoms with Gasteiger partial charge in [0.2, 0.25) is 0 Å². The van der Waals surface area contributed by atoms with E-state index in [1.807, 2.05) is 0 Å². The Morgan fingerprint density at radius 1 is 1.19 bits per heavy atom. The monoisotopic (exact) mass is 378 g/mol. The molecule has 0 saturated heterocycles. The molecule has 9 heteroatoms. The number of imidazole rings is 1. The van der Waals surface area contributed by atoms with E-state index in [2.05, 4.69) is 9.97 Å². The van der Waals surface area contributed by atoms with E-state index in [0.29, 0.717) is 16.9 Å². The molecule has 138 valence electrons. The van der Waals surface area contributed by atoms with E-state index in [1.54, 1.807) is 25.2 Å². The van der Waals surface area contributed by atoms with Crippen molar-refractivity contribution in [2.45, 2.75) is 30.4 Å². The zero-order valence-electron chi connectivity index (χ0n) is 14.8. The second-order valence-corrected chi connectivity index (χ2v) is 9.46. The summed E-state index contributed by atoms with van der Waals surface area (Å²) >= 11 is 0. The van der Waals surface area contributed by atoms with Gasteiger partial charge in [-0.2, -0.15) is 0 Å². The van der Waals surface area contributed by atoms with Crippen molar-refractivity contribution in [2.75, 3.05) is 12.8 Å². The molecule has 0 amide bonds. The molecule has 0 saturated carbocycles. The van der Waals surface area contributed by atoms with Crippen molar-refractivity contribution in [3.8, 4) is 17.0 Å². The number of methoxy groups -OCH3 is 1. The lowest BCUT2D eigenvalue weighted by Gasteiger charge is -2.21. The normalized spacial score (nSPS) is 12.5. The minimum atomic E-state index is -3.69. The van der Waals surface area contributed by atoms with Crippen LogP contribution in [-0.2, 0) is 9.84 Å². The number of halogens is 1. The first kappa shape index (κ1) is 18.1. The van der Waals surface area contributed by atoms with Crippen LogP contribution in [0.5, 0.6) is 5.75 Å². The van der Waals surface area contributed by atoms with Gasteiger partial charge in [-0.15, -0.1) is 0 Å². The van der Waals surface area contributed by atoms with Crippen molar-refractivity contribution >= 4 is 21.3 Å². The lowest BCUT2D eigenvalue weighted by Crippen LogP contribution is -2.28. The SMILES string of the molecule is COc1cc2ncc(-c3cnc(N)c(F)c3)n2cc1S(=O)(=O)C(C)(C)C. The van der Waals surface area contributed by atoms with Gasteiger partial charge in [0.1, 0.15) is 16.3 Å². The summed E-state index contributed by atoms with van der Waals surface area (Å²) in [5.41, 5.74) is 6.79. The molecule has 3 aromatic heterocycles. The van der Waals surface area contributed by atoms with Crippen molar-refractivity contribution in [3.63, 3.8) is 0 Å². The molecule has 3 heterocycles. The number of aromatic nitrogens is 3. The number of nitrogen functional groups attached to an aromatic ring is 1. The largest absolute Gasteiger partial charge is 0.495 e. The topological polar surface area (TPSA) is 99.6 Å². The van der Waals surface area contributed by atoms with E-state index in [-0.39, 0.29) is 16.5 Å². The molecule has 0 bridgehead atoms. The highest BCUT2D eigenvalue weighted by atomic mass is 32.2. The molecule has 0 aliphatic heterocycles. The average molecular weight is 378 g/mol. The van der Waals surface area contributed by atoms with E-state index in [4.69, 9.17) is 10.5 Å². The van der Waals surface area contributed by atoms with E-state index in [0.717, 1.165) is 0 Å². The molecule has 0 spiro atoms. The molecule has 2 N–H and O–H groups in total. The van der Waals surface area contributed by atoms with Gasteiger partial charge in [-0.05, 0) is 26.8 Å². The van der Waals surface area contributed by atoms with Crippen LogP contribution in [0.2, 0.25) is 0 Å². The quantitative estimate of drug-likeness (QED) is 0.752. The summed E-state index contributed by atoms with van der Waals surface area (Å²) in [5.74, 6) is -0.667. The Balaban J connectivity index is 2.30.